The van der Waals surface area contributed by atoms with Crippen molar-refractivity contribution in [1.29, 1.82) is 0 Å². The zero-order chi connectivity index (χ0) is 21.0. The molecule has 1 aromatic heterocycles. The van der Waals surface area contributed by atoms with Gasteiger partial charge in [-0.1, -0.05) is 11.6 Å². The van der Waals surface area contributed by atoms with Crippen LogP contribution in [-0.2, 0) is 9.53 Å². The first-order valence-electron chi connectivity index (χ1n) is 8.99. The van der Waals surface area contributed by atoms with E-state index in [-0.39, 0.29) is 37.2 Å². The Bertz CT molecular complexity index is 908. The molecule has 0 bridgehead atoms. The largest absolute Gasteiger partial charge is 0.389 e. The number of hydrogen-bond donors (Lipinski definition) is 3. The van der Waals surface area contributed by atoms with Gasteiger partial charge >= 0.3 is 0 Å². The van der Waals surface area contributed by atoms with E-state index in [1.165, 1.54) is 11.0 Å². The van der Waals surface area contributed by atoms with Crippen molar-refractivity contribution >= 4 is 46.1 Å². The standard InChI is InChI=1S/C19H21ClFN3O4S/c1-11-6-14(13(21)7-15(11)24-4-5-28-10-18(24)26)22-8-12(25)9-23-19(27)16-2-3-17(20)29-16/h2-3,6-7,12,22,25H,4-5,8-10H2,1H3,(H,23,27)/t12-/m1/s1. The molecule has 0 spiro atoms. The van der Waals surface area contributed by atoms with Crippen LogP contribution in [0.4, 0.5) is 15.8 Å². The number of halogens is 2. The summed E-state index contributed by atoms with van der Waals surface area (Å²) in [5, 5.41) is 15.5. The summed E-state index contributed by atoms with van der Waals surface area (Å²) in [7, 11) is 0. The molecule has 2 amide bonds. The summed E-state index contributed by atoms with van der Waals surface area (Å²) < 4.78 is 20.1. The summed E-state index contributed by atoms with van der Waals surface area (Å²) in [6.45, 7) is 2.59. The maximum atomic E-state index is 14.5. The van der Waals surface area contributed by atoms with Crippen molar-refractivity contribution in [2.45, 2.75) is 13.0 Å². The molecule has 7 nitrogen and oxygen atoms in total. The van der Waals surface area contributed by atoms with Crippen molar-refractivity contribution in [3.8, 4) is 0 Å². The first kappa shape index (κ1) is 21.5. The van der Waals surface area contributed by atoms with Crippen LogP contribution in [0.5, 0.6) is 0 Å². The number of amides is 2. The average Bonchev–Trinajstić information content (AvgIpc) is 3.13. The summed E-state index contributed by atoms with van der Waals surface area (Å²) in [5.41, 5.74) is 1.44. The van der Waals surface area contributed by atoms with Gasteiger partial charge in [-0.05, 0) is 30.7 Å². The Morgan fingerprint density at radius 2 is 2.21 bits per heavy atom. The van der Waals surface area contributed by atoms with Crippen LogP contribution in [0.3, 0.4) is 0 Å². The molecule has 2 heterocycles. The van der Waals surface area contributed by atoms with Crippen molar-refractivity contribution < 1.29 is 23.8 Å². The Labute approximate surface area is 176 Å². The number of ether oxygens (including phenoxy) is 1. The highest BCUT2D eigenvalue weighted by molar-refractivity contribution is 7.17. The van der Waals surface area contributed by atoms with Gasteiger partial charge in [0.1, 0.15) is 12.4 Å². The predicted octanol–water partition coefficient (Wildman–Crippen LogP) is 2.42. The van der Waals surface area contributed by atoms with E-state index in [4.69, 9.17) is 16.3 Å². The Kier molecular flexibility index (Phi) is 7.07. The number of nitrogens with one attached hydrogen (secondary N) is 2. The van der Waals surface area contributed by atoms with E-state index in [0.717, 1.165) is 16.9 Å². The molecule has 0 unspecified atom stereocenters. The molecule has 1 fully saturated rings. The Balaban J connectivity index is 1.55. The predicted molar refractivity (Wildman–Crippen MR) is 110 cm³/mol. The fourth-order valence-electron chi connectivity index (χ4n) is 2.90. The average molecular weight is 442 g/mol. The maximum Gasteiger partial charge on any atom is 0.261 e. The number of anilines is 2. The van der Waals surface area contributed by atoms with Crippen molar-refractivity contribution in [1.82, 2.24) is 5.32 Å². The molecule has 0 saturated carbocycles. The van der Waals surface area contributed by atoms with Crippen molar-refractivity contribution in [3.63, 3.8) is 0 Å². The molecule has 1 aromatic carbocycles. The third-order valence-corrected chi connectivity index (χ3v) is 5.62. The van der Waals surface area contributed by atoms with Gasteiger partial charge in [-0.3, -0.25) is 9.59 Å². The highest BCUT2D eigenvalue weighted by Crippen LogP contribution is 2.28. The second-order valence-electron chi connectivity index (χ2n) is 6.57. The second-order valence-corrected chi connectivity index (χ2v) is 8.28. The summed E-state index contributed by atoms with van der Waals surface area (Å²) in [4.78, 5) is 25.9. The summed E-state index contributed by atoms with van der Waals surface area (Å²) in [5.74, 6) is -1.07. The molecule has 3 rings (SSSR count). The lowest BCUT2D eigenvalue weighted by Gasteiger charge is -2.28. The first-order valence-corrected chi connectivity index (χ1v) is 10.2. The van der Waals surface area contributed by atoms with E-state index in [0.29, 0.717) is 28.1 Å². The van der Waals surface area contributed by atoms with Crippen LogP contribution >= 0.6 is 22.9 Å². The van der Waals surface area contributed by atoms with E-state index in [1.54, 1.807) is 25.1 Å². The maximum absolute atomic E-state index is 14.5. The number of morpholine rings is 1. The fraction of sp³-hybridized carbons (Fsp3) is 0.368. The lowest BCUT2D eigenvalue weighted by atomic mass is 10.1. The molecule has 0 radical (unpaired) electrons. The molecule has 1 aliphatic heterocycles. The van der Waals surface area contributed by atoms with E-state index in [1.807, 2.05) is 0 Å². The summed E-state index contributed by atoms with van der Waals surface area (Å²) in [6, 6.07) is 6.12. The van der Waals surface area contributed by atoms with Crippen LogP contribution in [0.15, 0.2) is 24.3 Å². The molecule has 0 aliphatic carbocycles. The van der Waals surface area contributed by atoms with Crippen molar-refractivity contribution in [3.05, 3.63) is 44.9 Å². The molecule has 29 heavy (non-hydrogen) atoms. The number of nitrogens with zero attached hydrogens (tertiary/aromatic N) is 1. The number of thiophene rings is 1. The Morgan fingerprint density at radius 1 is 1.41 bits per heavy atom. The van der Waals surface area contributed by atoms with E-state index in [2.05, 4.69) is 10.6 Å². The number of aliphatic hydroxyl groups excluding tert-OH is 1. The highest BCUT2D eigenvalue weighted by atomic mass is 35.5. The third-order valence-electron chi connectivity index (χ3n) is 4.39. The molecule has 1 saturated heterocycles. The number of rotatable bonds is 7. The number of carbonyl (C=O) groups excluding carboxylic acids is 2. The number of benzene rings is 1. The topological polar surface area (TPSA) is 90.9 Å². The lowest BCUT2D eigenvalue weighted by molar-refractivity contribution is -0.125. The number of aliphatic hydroxyl groups is 1. The summed E-state index contributed by atoms with van der Waals surface area (Å²) in [6.07, 6.45) is -0.922. The van der Waals surface area contributed by atoms with Gasteiger partial charge in [-0.25, -0.2) is 4.39 Å². The van der Waals surface area contributed by atoms with Crippen molar-refractivity contribution in [2.75, 3.05) is 43.1 Å². The van der Waals surface area contributed by atoms with Gasteiger partial charge < -0.3 is 25.4 Å². The summed E-state index contributed by atoms with van der Waals surface area (Å²) >= 11 is 6.94. The van der Waals surface area contributed by atoms with Gasteiger partial charge in [0.15, 0.2) is 0 Å². The van der Waals surface area contributed by atoms with Crippen LogP contribution in [0, 0.1) is 12.7 Å². The molecule has 3 N–H and O–H groups in total. The molecule has 10 heteroatoms. The van der Waals surface area contributed by atoms with Gasteiger partial charge in [0.25, 0.3) is 11.8 Å². The smallest absolute Gasteiger partial charge is 0.261 e. The number of hydrogen-bond acceptors (Lipinski definition) is 6. The Hall–Kier alpha value is -2.20. The Morgan fingerprint density at radius 3 is 2.90 bits per heavy atom. The van der Waals surface area contributed by atoms with Gasteiger partial charge in [-0.15, -0.1) is 11.3 Å². The monoisotopic (exact) mass is 441 g/mol. The van der Waals surface area contributed by atoms with Crippen LogP contribution in [0.2, 0.25) is 4.34 Å². The van der Waals surface area contributed by atoms with Crippen LogP contribution in [0.1, 0.15) is 15.2 Å². The van der Waals surface area contributed by atoms with E-state index < -0.39 is 11.9 Å². The SMILES string of the molecule is Cc1cc(NC[C@@H](O)CNC(=O)c2ccc(Cl)s2)c(F)cc1N1CCOCC1=O. The minimum atomic E-state index is -0.922. The second kappa shape index (κ2) is 9.53. The third kappa shape index (κ3) is 5.45. The first-order chi connectivity index (χ1) is 13.8. The van der Waals surface area contributed by atoms with E-state index in [9.17, 15) is 19.1 Å². The molecular formula is C19H21ClFN3O4S. The normalized spacial score (nSPS) is 15.3. The minimum absolute atomic E-state index is 0.00230. The molecule has 156 valence electrons. The van der Waals surface area contributed by atoms with Crippen LogP contribution in [0.25, 0.3) is 0 Å². The van der Waals surface area contributed by atoms with Gasteiger partial charge in [0.05, 0.1) is 27.6 Å². The quantitative estimate of drug-likeness (QED) is 0.614. The number of carbonyl (C=O) groups is 2. The zero-order valence-electron chi connectivity index (χ0n) is 15.7. The molecular weight excluding hydrogens is 421 g/mol. The van der Waals surface area contributed by atoms with Gasteiger partial charge in [-0.2, -0.15) is 0 Å². The lowest BCUT2D eigenvalue weighted by Crippen LogP contribution is -2.42. The van der Waals surface area contributed by atoms with Gasteiger partial charge in [0, 0.05) is 31.4 Å². The van der Waals surface area contributed by atoms with Crippen LogP contribution < -0.4 is 15.5 Å². The van der Waals surface area contributed by atoms with Crippen molar-refractivity contribution in [2.24, 2.45) is 0 Å². The minimum Gasteiger partial charge on any atom is -0.389 e. The van der Waals surface area contributed by atoms with Gasteiger partial charge in [0.2, 0.25) is 0 Å². The number of aryl methyl sites for hydroxylation is 1. The van der Waals surface area contributed by atoms with Crippen LogP contribution in [-0.4, -0.2) is 55.9 Å². The molecule has 1 aliphatic rings. The zero-order valence-corrected chi connectivity index (χ0v) is 17.3. The van der Waals surface area contributed by atoms with E-state index >= 15 is 0 Å². The molecule has 1 atom stereocenters. The fourth-order valence-corrected chi connectivity index (χ4v) is 3.86. The highest BCUT2D eigenvalue weighted by Gasteiger charge is 2.23. The molecule has 2 aromatic rings.